The van der Waals surface area contributed by atoms with Gasteiger partial charge in [-0.15, -0.1) is 0 Å². The fourth-order valence-corrected chi connectivity index (χ4v) is 5.38. The molecule has 1 unspecified atom stereocenters. The second-order valence-corrected chi connectivity index (χ2v) is 9.14. The Morgan fingerprint density at radius 2 is 1.42 bits per heavy atom. The average Bonchev–Trinajstić information content (AvgIpc) is 2.85. The molecule has 0 bridgehead atoms. The zero-order chi connectivity index (χ0) is 23.3. The molecule has 3 aromatic rings. The number of rotatable bonds is 8. The molecule has 0 aliphatic carbocycles. The molecule has 174 valence electrons. The van der Waals surface area contributed by atoms with Crippen LogP contribution in [0, 0.1) is 0 Å². The first kappa shape index (κ1) is 23.3. The van der Waals surface area contributed by atoms with Crippen molar-refractivity contribution in [3.8, 4) is 11.5 Å². The van der Waals surface area contributed by atoms with Gasteiger partial charge in [0.1, 0.15) is 0 Å². The third-order valence-corrected chi connectivity index (χ3v) is 6.97. The summed E-state index contributed by atoms with van der Waals surface area (Å²) in [4.78, 5) is 5.30. The first-order valence-corrected chi connectivity index (χ1v) is 11.9. The maximum Gasteiger partial charge on any atom is 0.160 e. The van der Waals surface area contributed by atoms with Crippen LogP contribution in [0.5, 0.6) is 11.5 Å². The van der Waals surface area contributed by atoms with Crippen LogP contribution in [-0.2, 0) is 6.42 Å². The maximum atomic E-state index is 5.58. The number of piperazine rings is 1. The summed E-state index contributed by atoms with van der Waals surface area (Å²) >= 11 is 0. The van der Waals surface area contributed by atoms with Crippen molar-refractivity contribution in [2.75, 3.05) is 40.4 Å². The van der Waals surface area contributed by atoms with E-state index < -0.39 is 0 Å². The number of hydrogen-bond acceptors (Lipinski definition) is 4. The quantitative estimate of drug-likeness (QED) is 0.462. The lowest BCUT2D eigenvalue weighted by atomic mass is 9.86. The average molecular weight is 445 g/mol. The first-order chi connectivity index (χ1) is 16.1. The van der Waals surface area contributed by atoms with Crippen molar-refractivity contribution in [3.05, 3.63) is 95.6 Å². The summed E-state index contributed by atoms with van der Waals surface area (Å²) in [5, 5.41) is 0. The van der Waals surface area contributed by atoms with E-state index in [1.165, 1.54) is 16.7 Å². The molecule has 1 saturated heterocycles. The molecule has 1 fully saturated rings. The van der Waals surface area contributed by atoms with E-state index in [1.54, 1.807) is 14.2 Å². The Bertz CT molecular complexity index is 985. The molecule has 4 rings (SSSR count). The van der Waals surface area contributed by atoms with E-state index in [4.69, 9.17) is 9.47 Å². The van der Waals surface area contributed by atoms with Gasteiger partial charge in [0, 0.05) is 25.2 Å². The predicted molar refractivity (Wildman–Crippen MR) is 135 cm³/mol. The van der Waals surface area contributed by atoms with E-state index in [9.17, 15) is 0 Å². The van der Waals surface area contributed by atoms with E-state index in [0.29, 0.717) is 0 Å². The van der Waals surface area contributed by atoms with Crippen LogP contribution < -0.4 is 9.47 Å². The SMILES string of the molecule is CCN1CCN(C(c2ccccc2)c2ccccc2)CC1(C)Cc1ccc(OC)c(OC)c1. The van der Waals surface area contributed by atoms with Crippen molar-refractivity contribution in [2.24, 2.45) is 0 Å². The second kappa shape index (κ2) is 10.4. The van der Waals surface area contributed by atoms with Crippen LogP contribution in [0.15, 0.2) is 78.9 Å². The summed E-state index contributed by atoms with van der Waals surface area (Å²) in [6.07, 6.45) is 0.952. The Balaban J connectivity index is 1.66. The molecule has 0 aromatic heterocycles. The van der Waals surface area contributed by atoms with Crippen LogP contribution >= 0.6 is 0 Å². The molecule has 4 nitrogen and oxygen atoms in total. The lowest BCUT2D eigenvalue weighted by Gasteiger charge is -2.51. The Morgan fingerprint density at radius 1 is 0.818 bits per heavy atom. The van der Waals surface area contributed by atoms with Crippen molar-refractivity contribution in [3.63, 3.8) is 0 Å². The van der Waals surface area contributed by atoms with Crippen molar-refractivity contribution >= 4 is 0 Å². The summed E-state index contributed by atoms with van der Waals surface area (Å²) in [6, 6.07) is 28.4. The van der Waals surface area contributed by atoms with Gasteiger partial charge >= 0.3 is 0 Å². The van der Waals surface area contributed by atoms with Crippen molar-refractivity contribution in [1.29, 1.82) is 0 Å². The molecule has 3 aromatic carbocycles. The molecular weight excluding hydrogens is 408 g/mol. The summed E-state index contributed by atoms with van der Waals surface area (Å²) in [5.41, 5.74) is 3.98. The summed E-state index contributed by atoms with van der Waals surface area (Å²) in [5.74, 6) is 1.57. The van der Waals surface area contributed by atoms with Gasteiger partial charge in [-0.25, -0.2) is 0 Å². The van der Waals surface area contributed by atoms with E-state index in [0.717, 1.165) is 44.1 Å². The highest BCUT2D eigenvalue weighted by Gasteiger charge is 2.39. The highest BCUT2D eigenvalue weighted by atomic mass is 16.5. The summed E-state index contributed by atoms with van der Waals surface area (Å²) in [6.45, 7) is 8.81. The van der Waals surface area contributed by atoms with E-state index in [2.05, 4.69) is 96.4 Å². The maximum absolute atomic E-state index is 5.58. The number of hydrogen-bond donors (Lipinski definition) is 0. The molecule has 0 spiro atoms. The topological polar surface area (TPSA) is 24.9 Å². The molecule has 1 heterocycles. The highest BCUT2D eigenvalue weighted by Crippen LogP contribution is 2.36. The number of likely N-dealkylation sites (N-methyl/N-ethyl adjacent to an activating group) is 1. The van der Waals surface area contributed by atoms with Gasteiger partial charge in [-0.2, -0.15) is 0 Å². The highest BCUT2D eigenvalue weighted by molar-refractivity contribution is 5.43. The monoisotopic (exact) mass is 444 g/mol. The van der Waals surface area contributed by atoms with Crippen LogP contribution in [0.3, 0.4) is 0 Å². The van der Waals surface area contributed by atoms with Gasteiger partial charge in [0.05, 0.1) is 20.3 Å². The normalized spacial score (nSPS) is 19.5. The van der Waals surface area contributed by atoms with Crippen LogP contribution in [0.25, 0.3) is 0 Å². The summed E-state index contributed by atoms with van der Waals surface area (Å²) < 4.78 is 11.0. The molecule has 0 amide bonds. The third-order valence-electron chi connectivity index (χ3n) is 6.97. The van der Waals surface area contributed by atoms with Crippen molar-refractivity contribution in [2.45, 2.75) is 31.8 Å². The van der Waals surface area contributed by atoms with E-state index in [1.807, 2.05) is 6.07 Å². The molecule has 4 heteroatoms. The van der Waals surface area contributed by atoms with Gasteiger partial charge in [-0.05, 0) is 48.7 Å². The van der Waals surface area contributed by atoms with Gasteiger partial charge in [0.15, 0.2) is 11.5 Å². The fourth-order valence-electron chi connectivity index (χ4n) is 5.38. The van der Waals surface area contributed by atoms with Crippen LogP contribution in [0.2, 0.25) is 0 Å². The van der Waals surface area contributed by atoms with Crippen molar-refractivity contribution in [1.82, 2.24) is 9.80 Å². The van der Waals surface area contributed by atoms with Crippen molar-refractivity contribution < 1.29 is 9.47 Å². The van der Waals surface area contributed by atoms with Gasteiger partial charge in [-0.3, -0.25) is 9.80 Å². The molecule has 0 N–H and O–H groups in total. The largest absolute Gasteiger partial charge is 0.493 e. The zero-order valence-corrected chi connectivity index (χ0v) is 20.3. The Kier molecular flexibility index (Phi) is 7.36. The zero-order valence-electron chi connectivity index (χ0n) is 20.3. The van der Waals surface area contributed by atoms with Crippen LogP contribution in [0.1, 0.15) is 36.6 Å². The van der Waals surface area contributed by atoms with Crippen LogP contribution in [-0.4, -0.2) is 55.7 Å². The first-order valence-electron chi connectivity index (χ1n) is 11.9. The Morgan fingerprint density at radius 3 is 1.97 bits per heavy atom. The van der Waals surface area contributed by atoms with Gasteiger partial charge < -0.3 is 9.47 Å². The number of ether oxygens (including phenoxy) is 2. The lowest BCUT2D eigenvalue weighted by Crippen LogP contribution is -2.62. The molecule has 0 saturated carbocycles. The van der Waals surface area contributed by atoms with E-state index in [-0.39, 0.29) is 11.6 Å². The Hall–Kier alpha value is -2.82. The molecular formula is C29H36N2O2. The minimum atomic E-state index is 0.00834. The van der Waals surface area contributed by atoms with Gasteiger partial charge in [0.25, 0.3) is 0 Å². The number of benzene rings is 3. The Labute approximate surface area is 198 Å². The second-order valence-electron chi connectivity index (χ2n) is 9.14. The number of methoxy groups -OCH3 is 2. The van der Waals surface area contributed by atoms with E-state index >= 15 is 0 Å². The standard InChI is InChI=1S/C29H36N2O2/c1-5-31-19-18-30(28(24-12-8-6-9-13-24)25-14-10-7-11-15-25)22-29(31,2)21-23-16-17-26(32-3)27(20-23)33-4/h6-17,20,28H,5,18-19,21-22H2,1-4H3. The number of nitrogens with zero attached hydrogens (tertiary/aromatic N) is 2. The molecule has 1 atom stereocenters. The lowest BCUT2D eigenvalue weighted by molar-refractivity contribution is -0.000976. The molecule has 33 heavy (non-hydrogen) atoms. The molecule has 0 radical (unpaired) electrons. The fraction of sp³-hybridized carbons (Fsp3) is 0.379. The summed E-state index contributed by atoms with van der Waals surface area (Å²) in [7, 11) is 3.39. The smallest absolute Gasteiger partial charge is 0.160 e. The minimum Gasteiger partial charge on any atom is -0.493 e. The van der Waals surface area contributed by atoms with Gasteiger partial charge in [-0.1, -0.05) is 73.7 Å². The molecule has 1 aliphatic heterocycles. The minimum absolute atomic E-state index is 0.00834. The van der Waals surface area contributed by atoms with Crippen LogP contribution in [0.4, 0.5) is 0 Å². The van der Waals surface area contributed by atoms with Gasteiger partial charge in [0.2, 0.25) is 0 Å². The predicted octanol–water partition coefficient (Wildman–Crippen LogP) is 5.43. The third kappa shape index (κ3) is 5.07. The molecule has 1 aliphatic rings.